The lowest BCUT2D eigenvalue weighted by atomic mass is 10.1. The lowest BCUT2D eigenvalue weighted by Gasteiger charge is -2.03. The molecule has 0 spiro atoms. The molecule has 0 aliphatic carbocycles. The molecule has 2 aromatic rings. The molecular formula is C11H9Cl2NO2. The molecule has 1 aromatic heterocycles. The Balaban J connectivity index is 0.00000128. The number of rotatable bonds is 2. The van der Waals surface area contributed by atoms with Gasteiger partial charge in [0.1, 0.15) is 0 Å². The Kier molecular flexibility index (Phi) is 4.10. The fourth-order valence-corrected chi connectivity index (χ4v) is 1.67. The van der Waals surface area contributed by atoms with E-state index in [-0.39, 0.29) is 18.8 Å². The molecule has 1 N–H and O–H groups in total. The van der Waals surface area contributed by atoms with Crippen LogP contribution < -0.4 is 0 Å². The average Bonchev–Trinajstić information content (AvgIpc) is 2.18. The minimum absolute atomic E-state index is 0. The minimum Gasteiger partial charge on any atom is -0.481 e. The highest BCUT2D eigenvalue weighted by atomic mass is 35.5. The van der Waals surface area contributed by atoms with Gasteiger partial charge < -0.3 is 5.11 Å². The molecule has 3 nitrogen and oxygen atoms in total. The highest BCUT2D eigenvalue weighted by molar-refractivity contribution is 6.31. The summed E-state index contributed by atoms with van der Waals surface area (Å²) in [6.07, 6.45) is 3.22. The van der Waals surface area contributed by atoms with Crippen molar-refractivity contribution in [2.24, 2.45) is 0 Å². The van der Waals surface area contributed by atoms with Crippen molar-refractivity contribution in [1.29, 1.82) is 0 Å². The van der Waals surface area contributed by atoms with Gasteiger partial charge in [0, 0.05) is 22.8 Å². The molecule has 1 heterocycles. The van der Waals surface area contributed by atoms with E-state index < -0.39 is 5.97 Å². The monoisotopic (exact) mass is 257 g/mol. The van der Waals surface area contributed by atoms with Crippen LogP contribution in [0.4, 0.5) is 0 Å². The summed E-state index contributed by atoms with van der Waals surface area (Å²) in [4.78, 5) is 14.6. The van der Waals surface area contributed by atoms with E-state index in [0.717, 1.165) is 10.8 Å². The Morgan fingerprint density at radius 1 is 1.38 bits per heavy atom. The number of pyridine rings is 1. The Hall–Kier alpha value is -1.32. The van der Waals surface area contributed by atoms with Gasteiger partial charge in [0.15, 0.2) is 0 Å². The number of aliphatic carboxylic acids is 1. The van der Waals surface area contributed by atoms with Crippen molar-refractivity contribution >= 4 is 40.7 Å². The van der Waals surface area contributed by atoms with Gasteiger partial charge in [0.2, 0.25) is 0 Å². The molecule has 0 aliphatic heterocycles. The van der Waals surface area contributed by atoms with Gasteiger partial charge in [0.25, 0.3) is 0 Å². The topological polar surface area (TPSA) is 50.2 Å². The molecule has 2 rings (SSSR count). The zero-order valence-electron chi connectivity index (χ0n) is 8.18. The predicted octanol–water partition coefficient (Wildman–Crippen LogP) is 2.94. The number of benzene rings is 1. The molecule has 0 unspecified atom stereocenters. The smallest absolute Gasteiger partial charge is 0.307 e. The molecule has 0 saturated heterocycles. The Morgan fingerprint density at radius 3 is 2.81 bits per heavy atom. The summed E-state index contributed by atoms with van der Waals surface area (Å²) >= 11 is 5.86. The van der Waals surface area contributed by atoms with Gasteiger partial charge in [-0.1, -0.05) is 17.7 Å². The lowest BCUT2D eigenvalue weighted by molar-refractivity contribution is -0.136. The van der Waals surface area contributed by atoms with Crippen LogP contribution in [0.15, 0.2) is 30.6 Å². The molecule has 0 aliphatic rings. The standard InChI is InChI=1S/C11H8ClNO2.ClH/c12-9-2-1-7-5-13-6-8(3-11(14)15)10(7)4-9;/h1-2,4-6H,3H2,(H,14,15);1H. The van der Waals surface area contributed by atoms with Crippen molar-refractivity contribution in [1.82, 2.24) is 4.98 Å². The number of fused-ring (bicyclic) bond motifs is 1. The summed E-state index contributed by atoms with van der Waals surface area (Å²) in [5, 5.41) is 11.1. The van der Waals surface area contributed by atoms with Gasteiger partial charge in [-0.3, -0.25) is 9.78 Å². The molecule has 0 atom stereocenters. The van der Waals surface area contributed by atoms with Crippen LogP contribution >= 0.6 is 24.0 Å². The number of carboxylic acid groups (broad SMARTS) is 1. The van der Waals surface area contributed by atoms with Gasteiger partial charge in [-0.2, -0.15) is 0 Å². The van der Waals surface area contributed by atoms with Crippen molar-refractivity contribution in [3.8, 4) is 0 Å². The summed E-state index contributed by atoms with van der Waals surface area (Å²) < 4.78 is 0. The Morgan fingerprint density at radius 2 is 2.12 bits per heavy atom. The summed E-state index contributed by atoms with van der Waals surface area (Å²) in [6.45, 7) is 0. The average molecular weight is 258 g/mol. The molecule has 5 heteroatoms. The molecule has 16 heavy (non-hydrogen) atoms. The van der Waals surface area contributed by atoms with E-state index in [4.69, 9.17) is 16.7 Å². The van der Waals surface area contributed by atoms with Gasteiger partial charge in [0.05, 0.1) is 6.42 Å². The molecular weight excluding hydrogens is 249 g/mol. The minimum atomic E-state index is -0.871. The first-order valence-electron chi connectivity index (χ1n) is 4.41. The lowest BCUT2D eigenvalue weighted by Crippen LogP contribution is -2.01. The molecule has 0 amide bonds. The van der Waals surface area contributed by atoms with Crippen LogP contribution in [0.25, 0.3) is 10.8 Å². The summed E-state index contributed by atoms with van der Waals surface area (Å²) in [7, 11) is 0. The SMILES string of the molecule is Cl.O=C(O)Cc1cncc2ccc(Cl)cc12. The maximum Gasteiger partial charge on any atom is 0.307 e. The third-order valence-electron chi connectivity index (χ3n) is 2.15. The van der Waals surface area contributed by atoms with Crippen LogP contribution in [0, 0.1) is 0 Å². The van der Waals surface area contributed by atoms with E-state index in [1.807, 2.05) is 6.07 Å². The van der Waals surface area contributed by atoms with Gasteiger partial charge in [-0.15, -0.1) is 12.4 Å². The van der Waals surface area contributed by atoms with Crippen LogP contribution in [0.5, 0.6) is 0 Å². The Bertz CT molecular complexity index is 528. The van der Waals surface area contributed by atoms with Crippen molar-refractivity contribution in [3.63, 3.8) is 0 Å². The largest absolute Gasteiger partial charge is 0.481 e. The number of aromatic nitrogens is 1. The molecule has 0 bridgehead atoms. The van der Waals surface area contributed by atoms with Gasteiger partial charge in [-0.05, 0) is 23.1 Å². The third kappa shape index (κ3) is 2.62. The van der Waals surface area contributed by atoms with Crippen molar-refractivity contribution in [2.45, 2.75) is 6.42 Å². The van der Waals surface area contributed by atoms with Crippen molar-refractivity contribution in [3.05, 3.63) is 41.2 Å². The quantitative estimate of drug-likeness (QED) is 0.900. The van der Waals surface area contributed by atoms with Crippen LogP contribution in [-0.2, 0) is 11.2 Å². The van der Waals surface area contributed by atoms with E-state index in [0.29, 0.717) is 10.6 Å². The molecule has 0 fully saturated rings. The molecule has 1 aromatic carbocycles. The third-order valence-corrected chi connectivity index (χ3v) is 2.38. The van der Waals surface area contributed by atoms with E-state index in [1.54, 1.807) is 24.5 Å². The normalized spacial score (nSPS) is 9.81. The number of carboxylic acids is 1. The van der Waals surface area contributed by atoms with E-state index >= 15 is 0 Å². The van der Waals surface area contributed by atoms with Gasteiger partial charge in [-0.25, -0.2) is 0 Å². The number of carbonyl (C=O) groups is 1. The maximum absolute atomic E-state index is 10.6. The van der Waals surface area contributed by atoms with Crippen molar-refractivity contribution < 1.29 is 9.90 Å². The molecule has 84 valence electrons. The second kappa shape index (κ2) is 5.14. The maximum atomic E-state index is 10.6. The van der Waals surface area contributed by atoms with Crippen LogP contribution in [0.3, 0.4) is 0 Å². The molecule has 0 saturated carbocycles. The first-order valence-corrected chi connectivity index (χ1v) is 4.78. The Labute approximate surface area is 103 Å². The zero-order chi connectivity index (χ0) is 10.8. The summed E-state index contributed by atoms with van der Waals surface area (Å²) in [6, 6.07) is 5.35. The number of nitrogens with zero attached hydrogens (tertiary/aromatic N) is 1. The highest BCUT2D eigenvalue weighted by Gasteiger charge is 2.06. The van der Waals surface area contributed by atoms with Crippen molar-refractivity contribution in [2.75, 3.05) is 0 Å². The second-order valence-corrected chi connectivity index (χ2v) is 3.67. The number of halogens is 2. The molecule has 0 radical (unpaired) electrons. The van der Waals surface area contributed by atoms with Crippen LogP contribution in [0.1, 0.15) is 5.56 Å². The second-order valence-electron chi connectivity index (χ2n) is 3.23. The first kappa shape index (κ1) is 12.7. The van der Waals surface area contributed by atoms with Crippen LogP contribution in [0.2, 0.25) is 5.02 Å². The number of hydrogen-bond acceptors (Lipinski definition) is 2. The van der Waals surface area contributed by atoms with E-state index in [2.05, 4.69) is 4.98 Å². The fraction of sp³-hybridized carbons (Fsp3) is 0.0909. The summed E-state index contributed by atoms with van der Waals surface area (Å²) in [5.74, 6) is -0.871. The first-order chi connectivity index (χ1) is 7.16. The number of hydrogen-bond donors (Lipinski definition) is 1. The zero-order valence-corrected chi connectivity index (χ0v) is 9.76. The van der Waals surface area contributed by atoms with E-state index in [9.17, 15) is 4.79 Å². The fourth-order valence-electron chi connectivity index (χ4n) is 1.50. The van der Waals surface area contributed by atoms with Gasteiger partial charge >= 0.3 is 5.97 Å². The highest BCUT2D eigenvalue weighted by Crippen LogP contribution is 2.22. The summed E-state index contributed by atoms with van der Waals surface area (Å²) in [5.41, 5.74) is 0.683. The van der Waals surface area contributed by atoms with E-state index in [1.165, 1.54) is 0 Å². The predicted molar refractivity (Wildman–Crippen MR) is 65.3 cm³/mol. The van der Waals surface area contributed by atoms with Crippen LogP contribution in [-0.4, -0.2) is 16.1 Å².